The van der Waals surface area contributed by atoms with Crippen LogP contribution in [-0.4, -0.2) is 4.98 Å². The molecule has 0 aliphatic heterocycles. The van der Waals surface area contributed by atoms with E-state index in [4.69, 9.17) is 16.0 Å². The summed E-state index contributed by atoms with van der Waals surface area (Å²) in [6, 6.07) is 3.56. The molecule has 78 valence electrons. The van der Waals surface area contributed by atoms with E-state index in [1.807, 2.05) is 0 Å². The van der Waals surface area contributed by atoms with Crippen LogP contribution in [0.2, 0.25) is 0 Å². The zero-order valence-electron chi connectivity index (χ0n) is 7.51. The number of hydrogen-bond acceptors (Lipinski definition) is 2. The van der Waals surface area contributed by atoms with Crippen molar-refractivity contribution in [2.24, 2.45) is 0 Å². The maximum absolute atomic E-state index is 13.3. The number of aromatic nitrogens is 1. The number of nitrogens with zero attached hydrogens (tertiary/aromatic N) is 1. The molecule has 0 atom stereocenters. The lowest BCUT2D eigenvalue weighted by Gasteiger charge is -1.99. The molecule has 0 N–H and O–H groups in total. The summed E-state index contributed by atoms with van der Waals surface area (Å²) >= 11 is 5.49. The van der Waals surface area contributed by atoms with Crippen LogP contribution in [0.15, 0.2) is 28.8 Å². The van der Waals surface area contributed by atoms with E-state index in [0.717, 1.165) is 12.1 Å². The van der Waals surface area contributed by atoms with Crippen molar-refractivity contribution in [3.63, 3.8) is 0 Å². The first kappa shape index (κ1) is 10.1. The van der Waals surface area contributed by atoms with E-state index in [9.17, 15) is 8.78 Å². The van der Waals surface area contributed by atoms with E-state index < -0.39 is 11.6 Å². The standard InChI is InChI=1S/C10H6ClF2NO/c11-4-6-5-14-10(15-6)9-7(12)2-1-3-8(9)13/h1-3,5H,4H2. The molecular formula is C10H6ClF2NO. The van der Waals surface area contributed by atoms with E-state index in [2.05, 4.69) is 4.98 Å². The largest absolute Gasteiger partial charge is 0.440 e. The molecule has 0 aliphatic carbocycles. The second-order valence-corrected chi connectivity index (χ2v) is 3.13. The van der Waals surface area contributed by atoms with Gasteiger partial charge in [0.2, 0.25) is 5.89 Å². The predicted octanol–water partition coefficient (Wildman–Crippen LogP) is 3.36. The molecule has 0 aliphatic rings. The van der Waals surface area contributed by atoms with E-state index in [1.165, 1.54) is 12.3 Å². The number of hydrogen-bond donors (Lipinski definition) is 0. The normalized spacial score (nSPS) is 10.6. The third-order valence-corrected chi connectivity index (χ3v) is 2.13. The van der Waals surface area contributed by atoms with Crippen molar-refractivity contribution in [1.82, 2.24) is 4.98 Å². The van der Waals surface area contributed by atoms with Gasteiger partial charge in [-0.1, -0.05) is 6.07 Å². The molecule has 1 heterocycles. The molecular weight excluding hydrogens is 224 g/mol. The Labute approximate surface area is 89.5 Å². The summed E-state index contributed by atoms with van der Waals surface area (Å²) in [6.45, 7) is 0. The van der Waals surface area contributed by atoms with Gasteiger partial charge in [-0.05, 0) is 12.1 Å². The Bertz CT molecular complexity index is 464. The Morgan fingerprint density at radius 2 is 1.93 bits per heavy atom. The van der Waals surface area contributed by atoms with Crippen molar-refractivity contribution < 1.29 is 13.2 Å². The zero-order valence-corrected chi connectivity index (χ0v) is 8.26. The topological polar surface area (TPSA) is 26.0 Å². The van der Waals surface area contributed by atoms with Crippen molar-refractivity contribution in [1.29, 1.82) is 0 Å². The molecule has 1 aromatic carbocycles. The van der Waals surface area contributed by atoms with Gasteiger partial charge in [-0.3, -0.25) is 0 Å². The average molecular weight is 230 g/mol. The van der Waals surface area contributed by atoms with Crippen LogP contribution >= 0.6 is 11.6 Å². The lowest BCUT2D eigenvalue weighted by atomic mass is 10.2. The highest BCUT2D eigenvalue weighted by molar-refractivity contribution is 6.16. The van der Waals surface area contributed by atoms with E-state index in [1.54, 1.807) is 0 Å². The molecule has 0 fully saturated rings. The van der Waals surface area contributed by atoms with Gasteiger partial charge in [-0.25, -0.2) is 13.8 Å². The summed E-state index contributed by atoms with van der Waals surface area (Å²) < 4.78 is 31.6. The number of benzene rings is 1. The molecule has 0 saturated heterocycles. The van der Waals surface area contributed by atoms with Gasteiger partial charge in [0.25, 0.3) is 0 Å². The monoisotopic (exact) mass is 229 g/mol. The molecule has 0 radical (unpaired) electrons. The summed E-state index contributed by atoms with van der Waals surface area (Å²) in [5.41, 5.74) is -0.270. The van der Waals surface area contributed by atoms with E-state index >= 15 is 0 Å². The minimum atomic E-state index is -0.710. The van der Waals surface area contributed by atoms with Crippen LogP contribution in [0.3, 0.4) is 0 Å². The second-order valence-electron chi connectivity index (χ2n) is 2.86. The molecule has 0 bridgehead atoms. The van der Waals surface area contributed by atoms with Crippen molar-refractivity contribution in [2.45, 2.75) is 5.88 Å². The summed E-state index contributed by atoms with van der Waals surface area (Å²) in [6.07, 6.45) is 1.34. The Hall–Kier alpha value is -1.42. The quantitative estimate of drug-likeness (QED) is 0.738. The molecule has 1 aromatic heterocycles. The summed E-state index contributed by atoms with van der Waals surface area (Å²) in [7, 11) is 0. The summed E-state index contributed by atoms with van der Waals surface area (Å²) in [4.78, 5) is 3.75. The van der Waals surface area contributed by atoms with Crippen LogP contribution in [0.1, 0.15) is 5.76 Å². The van der Waals surface area contributed by atoms with Crippen LogP contribution < -0.4 is 0 Å². The Kier molecular flexibility index (Phi) is 2.68. The average Bonchev–Trinajstić information content (AvgIpc) is 2.66. The van der Waals surface area contributed by atoms with E-state index in [0.29, 0.717) is 5.76 Å². The van der Waals surface area contributed by atoms with Crippen molar-refractivity contribution in [3.8, 4) is 11.5 Å². The fourth-order valence-corrected chi connectivity index (χ4v) is 1.31. The molecule has 2 nitrogen and oxygen atoms in total. The van der Waals surface area contributed by atoms with Gasteiger partial charge in [-0.2, -0.15) is 0 Å². The third-order valence-electron chi connectivity index (χ3n) is 1.86. The molecule has 0 unspecified atom stereocenters. The molecule has 5 heteroatoms. The highest BCUT2D eigenvalue weighted by Crippen LogP contribution is 2.25. The SMILES string of the molecule is Fc1cccc(F)c1-c1ncc(CCl)o1. The molecule has 2 aromatic rings. The highest BCUT2D eigenvalue weighted by Gasteiger charge is 2.15. The Morgan fingerprint density at radius 3 is 2.47 bits per heavy atom. The Morgan fingerprint density at radius 1 is 1.27 bits per heavy atom. The predicted molar refractivity (Wildman–Crippen MR) is 51.4 cm³/mol. The van der Waals surface area contributed by atoms with Gasteiger partial charge in [0.1, 0.15) is 23.0 Å². The molecule has 15 heavy (non-hydrogen) atoms. The van der Waals surface area contributed by atoms with Crippen molar-refractivity contribution >= 4 is 11.6 Å². The molecule has 0 spiro atoms. The van der Waals surface area contributed by atoms with Gasteiger partial charge >= 0.3 is 0 Å². The minimum Gasteiger partial charge on any atom is -0.440 e. The first-order valence-electron chi connectivity index (χ1n) is 4.17. The van der Waals surface area contributed by atoms with Gasteiger partial charge in [0.05, 0.1) is 12.1 Å². The van der Waals surface area contributed by atoms with Crippen LogP contribution in [0.4, 0.5) is 8.78 Å². The smallest absolute Gasteiger partial charge is 0.232 e. The molecule has 0 amide bonds. The number of halogens is 3. The fourth-order valence-electron chi connectivity index (χ4n) is 1.19. The minimum absolute atomic E-state index is 0.0961. The number of oxazole rings is 1. The first-order chi connectivity index (χ1) is 7.22. The maximum atomic E-state index is 13.3. The van der Waals surface area contributed by atoms with Crippen LogP contribution in [0.25, 0.3) is 11.5 Å². The van der Waals surface area contributed by atoms with Crippen LogP contribution in [-0.2, 0) is 5.88 Å². The van der Waals surface area contributed by atoms with Gasteiger partial charge in [0.15, 0.2) is 0 Å². The third kappa shape index (κ3) is 1.85. The van der Waals surface area contributed by atoms with Crippen molar-refractivity contribution in [3.05, 3.63) is 41.8 Å². The lowest BCUT2D eigenvalue weighted by molar-refractivity contribution is 0.518. The van der Waals surface area contributed by atoms with E-state index in [-0.39, 0.29) is 17.3 Å². The summed E-state index contributed by atoms with van der Waals surface area (Å²) in [5.74, 6) is -1.03. The first-order valence-corrected chi connectivity index (χ1v) is 4.71. The molecule has 0 saturated carbocycles. The zero-order chi connectivity index (χ0) is 10.8. The van der Waals surface area contributed by atoms with Gasteiger partial charge in [0, 0.05) is 0 Å². The number of rotatable bonds is 2. The highest BCUT2D eigenvalue weighted by atomic mass is 35.5. The van der Waals surface area contributed by atoms with Crippen LogP contribution in [0, 0.1) is 11.6 Å². The second kappa shape index (κ2) is 3.98. The van der Waals surface area contributed by atoms with Crippen LogP contribution in [0.5, 0.6) is 0 Å². The van der Waals surface area contributed by atoms with Crippen molar-refractivity contribution in [2.75, 3.05) is 0 Å². The summed E-state index contributed by atoms with van der Waals surface area (Å²) in [5, 5.41) is 0. The fraction of sp³-hybridized carbons (Fsp3) is 0.100. The lowest BCUT2D eigenvalue weighted by Crippen LogP contribution is -1.88. The molecule has 2 rings (SSSR count). The maximum Gasteiger partial charge on any atom is 0.232 e. The van der Waals surface area contributed by atoms with Gasteiger partial charge in [-0.15, -0.1) is 11.6 Å². The number of alkyl halides is 1. The Balaban J connectivity index is 2.53. The van der Waals surface area contributed by atoms with Gasteiger partial charge < -0.3 is 4.42 Å².